The highest BCUT2D eigenvalue weighted by atomic mass is 31.1. The van der Waals surface area contributed by atoms with Gasteiger partial charge in [0.15, 0.2) is 0 Å². The number of hydrogen-bond acceptors (Lipinski definition) is 2. The first-order valence-electron chi connectivity index (χ1n) is 9.67. The number of hydrogen-bond donors (Lipinski definition) is 1. The van der Waals surface area contributed by atoms with E-state index in [9.17, 15) is 4.79 Å². The number of carbonyl (C=O) groups excluding carboxylic acids is 1. The van der Waals surface area contributed by atoms with E-state index >= 15 is 0 Å². The fourth-order valence-electron chi connectivity index (χ4n) is 3.11. The van der Waals surface area contributed by atoms with E-state index < -0.39 is 7.92 Å². The second-order valence-corrected chi connectivity index (χ2v) is 9.52. The lowest BCUT2D eigenvalue weighted by Crippen LogP contribution is -2.42. The van der Waals surface area contributed by atoms with E-state index in [-0.39, 0.29) is 11.9 Å². The molecule has 1 N–H and O–H groups in total. The number of rotatable bonds is 7. The number of aromatic nitrogens is 1. The van der Waals surface area contributed by atoms with Gasteiger partial charge in [-0.15, -0.1) is 0 Å². The van der Waals surface area contributed by atoms with Crippen LogP contribution in [0.2, 0.25) is 0 Å². The van der Waals surface area contributed by atoms with Crippen LogP contribution in [0.4, 0.5) is 0 Å². The van der Waals surface area contributed by atoms with Crippen molar-refractivity contribution in [3.05, 3.63) is 90.3 Å². The summed E-state index contributed by atoms with van der Waals surface area (Å²) in [6, 6.07) is 26.9. The Morgan fingerprint density at radius 2 is 1.46 bits per heavy atom. The van der Waals surface area contributed by atoms with Crippen LogP contribution in [-0.4, -0.2) is 23.1 Å². The predicted octanol–water partition coefficient (Wildman–Crippen LogP) is 4.28. The van der Waals surface area contributed by atoms with Gasteiger partial charge in [-0.25, -0.2) is 4.98 Å². The van der Waals surface area contributed by atoms with E-state index in [4.69, 9.17) is 0 Å². The van der Waals surface area contributed by atoms with Gasteiger partial charge in [-0.3, -0.25) is 4.79 Å². The number of pyridine rings is 1. The van der Waals surface area contributed by atoms with Gasteiger partial charge >= 0.3 is 0 Å². The predicted molar refractivity (Wildman–Crippen MR) is 119 cm³/mol. The molecule has 0 fully saturated rings. The van der Waals surface area contributed by atoms with Crippen LogP contribution >= 0.6 is 7.92 Å². The number of benzene rings is 2. The maximum atomic E-state index is 12.8. The molecule has 1 atom stereocenters. The van der Waals surface area contributed by atoms with Crippen LogP contribution in [-0.2, 0) is 0 Å². The quantitative estimate of drug-likeness (QED) is 0.612. The second kappa shape index (κ2) is 9.61. The van der Waals surface area contributed by atoms with Gasteiger partial charge < -0.3 is 5.32 Å². The van der Waals surface area contributed by atoms with Gasteiger partial charge in [0.25, 0.3) is 5.91 Å². The summed E-state index contributed by atoms with van der Waals surface area (Å²) in [6.07, 6.45) is 0.901. The fraction of sp³-hybridized carbons (Fsp3) is 0.250. The zero-order chi connectivity index (χ0) is 19.9. The molecule has 144 valence electrons. The van der Waals surface area contributed by atoms with Crippen molar-refractivity contribution in [2.24, 2.45) is 5.92 Å². The van der Waals surface area contributed by atoms with Crippen molar-refractivity contribution in [2.45, 2.75) is 26.8 Å². The fourth-order valence-corrected chi connectivity index (χ4v) is 5.80. The summed E-state index contributed by atoms with van der Waals surface area (Å²) in [5.74, 6) is 0.227. The van der Waals surface area contributed by atoms with Crippen molar-refractivity contribution >= 4 is 24.4 Å². The largest absolute Gasteiger partial charge is 0.347 e. The molecule has 2 aromatic carbocycles. The van der Waals surface area contributed by atoms with Gasteiger partial charge in [0.1, 0.15) is 5.69 Å². The SMILES string of the molecule is Cc1cccc(C(=O)N[C@H](CP(c2ccccc2)c2ccccc2)C(C)C)n1. The minimum atomic E-state index is -0.564. The van der Waals surface area contributed by atoms with Gasteiger partial charge in [-0.2, -0.15) is 0 Å². The number of amides is 1. The van der Waals surface area contributed by atoms with E-state index in [2.05, 4.69) is 72.7 Å². The summed E-state index contributed by atoms with van der Waals surface area (Å²) in [5.41, 5.74) is 1.33. The van der Waals surface area contributed by atoms with E-state index in [1.165, 1.54) is 10.6 Å². The first kappa shape index (κ1) is 20.2. The number of carbonyl (C=O) groups is 1. The van der Waals surface area contributed by atoms with Crippen molar-refractivity contribution in [2.75, 3.05) is 6.16 Å². The average Bonchev–Trinajstić information content (AvgIpc) is 2.72. The van der Waals surface area contributed by atoms with E-state index in [0.717, 1.165) is 11.9 Å². The molecular weight excluding hydrogens is 363 g/mol. The minimum absolute atomic E-state index is 0.0707. The highest BCUT2D eigenvalue weighted by Crippen LogP contribution is 2.35. The smallest absolute Gasteiger partial charge is 0.270 e. The van der Waals surface area contributed by atoms with Crippen molar-refractivity contribution < 1.29 is 4.79 Å². The molecule has 0 spiro atoms. The lowest BCUT2D eigenvalue weighted by molar-refractivity contribution is 0.0926. The summed E-state index contributed by atoms with van der Waals surface area (Å²) in [7, 11) is -0.564. The Morgan fingerprint density at radius 3 is 1.96 bits per heavy atom. The molecule has 0 saturated heterocycles. The molecule has 0 radical (unpaired) electrons. The van der Waals surface area contributed by atoms with Crippen LogP contribution in [0.15, 0.2) is 78.9 Å². The Balaban J connectivity index is 1.85. The molecule has 1 heterocycles. The molecule has 0 aliphatic rings. The van der Waals surface area contributed by atoms with Crippen LogP contribution in [0.1, 0.15) is 30.0 Å². The Labute approximate surface area is 169 Å². The third-order valence-corrected chi connectivity index (χ3v) is 7.36. The summed E-state index contributed by atoms with van der Waals surface area (Å²) >= 11 is 0. The van der Waals surface area contributed by atoms with E-state index in [1.54, 1.807) is 6.07 Å². The van der Waals surface area contributed by atoms with Crippen LogP contribution in [0.25, 0.3) is 0 Å². The maximum absolute atomic E-state index is 12.8. The monoisotopic (exact) mass is 390 g/mol. The number of aryl methyl sites for hydroxylation is 1. The molecule has 3 aromatic rings. The molecule has 0 aliphatic carbocycles. The Bertz CT molecular complexity index is 857. The zero-order valence-corrected chi connectivity index (χ0v) is 17.6. The first-order valence-corrected chi connectivity index (χ1v) is 11.2. The standard InChI is InChI=1S/C24H27N2OP/c1-18(2)23(26-24(27)22-16-10-11-19(3)25-22)17-28(20-12-6-4-7-13-20)21-14-8-5-9-15-21/h4-16,18,23H,17H2,1-3H3,(H,26,27)/t23-/m1/s1. The Hall–Kier alpha value is -2.51. The molecule has 1 aromatic heterocycles. The van der Waals surface area contributed by atoms with E-state index in [1.807, 2.05) is 31.2 Å². The Kier molecular flexibility index (Phi) is 6.95. The number of nitrogens with one attached hydrogen (secondary N) is 1. The number of nitrogens with zero attached hydrogens (tertiary/aromatic N) is 1. The molecule has 3 nitrogen and oxygen atoms in total. The summed E-state index contributed by atoms with van der Waals surface area (Å²) in [4.78, 5) is 17.2. The van der Waals surface area contributed by atoms with Gasteiger partial charge in [-0.1, -0.05) is 80.6 Å². The van der Waals surface area contributed by atoms with Gasteiger partial charge in [-0.05, 0) is 49.7 Å². The van der Waals surface area contributed by atoms with Crippen molar-refractivity contribution in [1.82, 2.24) is 10.3 Å². The topological polar surface area (TPSA) is 42.0 Å². The van der Waals surface area contributed by atoms with E-state index in [0.29, 0.717) is 11.6 Å². The average molecular weight is 390 g/mol. The van der Waals surface area contributed by atoms with Gasteiger partial charge in [0.2, 0.25) is 0 Å². The minimum Gasteiger partial charge on any atom is -0.347 e. The molecule has 0 bridgehead atoms. The maximum Gasteiger partial charge on any atom is 0.270 e. The van der Waals surface area contributed by atoms with Gasteiger partial charge in [0.05, 0.1) is 0 Å². The Morgan fingerprint density at radius 1 is 0.893 bits per heavy atom. The third kappa shape index (κ3) is 5.27. The van der Waals surface area contributed by atoms with Crippen LogP contribution in [0.3, 0.4) is 0 Å². The summed E-state index contributed by atoms with van der Waals surface area (Å²) in [5, 5.41) is 5.91. The molecule has 0 unspecified atom stereocenters. The molecule has 0 aliphatic heterocycles. The van der Waals surface area contributed by atoms with Crippen molar-refractivity contribution in [3.8, 4) is 0 Å². The molecule has 4 heteroatoms. The molecule has 0 saturated carbocycles. The van der Waals surface area contributed by atoms with Crippen molar-refractivity contribution in [1.29, 1.82) is 0 Å². The summed E-state index contributed by atoms with van der Waals surface area (Å²) < 4.78 is 0. The van der Waals surface area contributed by atoms with Crippen LogP contribution < -0.4 is 15.9 Å². The van der Waals surface area contributed by atoms with Crippen LogP contribution in [0.5, 0.6) is 0 Å². The zero-order valence-electron chi connectivity index (χ0n) is 16.7. The molecule has 1 amide bonds. The first-order chi connectivity index (χ1) is 13.5. The third-order valence-electron chi connectivity index (χ3n) is 4.76. The highest BCUT2D eigenvalue weighted by Gasteiger charge is 2.24. The lowest BCUT2D eigenvalue weighted by atomic mass is 10.1. The molecule has 3 rings (SSSR count). The molecule has 28 heavy (non-hydrogen) atoms. The van der Waals surface area contributed by atoms with Crippen molar-refractivity contribution in [3.63, 3.8) is 0 Å². The molecular formula is C24H27N2OP. The highest BCUT2D eigenvalue weighted by molar-refractivity contribution is 7.73. The van der Waals surface area contributed by atoms with Crippen LogP contribution in [0, 0.1) is 12.8 Å². The van der Waals surface area contributed by atoms with Gasteiger partial charge in [0, 0.05) is 11.7 Å². The lowest BCUT2D eigenvalue weighted by Gasteiger charge is -2.28. The summed E-state index contributed by atoms with van der Waals surface area (Å²) in [6.45, 7) is 6.23. The normalized spacial score (nSPS) is 12.2. The second-order valence-electron chi connectivity index (χ2n) is 7.27.